The van der Waals surface area contributed by atoms with Crippen LogP contribution in [0.25, 0.3) is 0 Å². The van der Waals surface area contributed by atoms with Crippen LogP contribution in [0.4, 0.5) is 4.39 Å². The summed E-state index contributed by atoms with van der Waals surface area (Å²) in [5.74, 6) is -0.538. The molecular formula is C15H20ClFN2O. The van der Waals surface area contributed by atoms with Crippen LogP contribution in [-0.4, -0.2) is 11.9 Å². The van der Waals surface area contributed by atoms with Crippen molar-refractivity contribution in [1.82, 2.24) is 5.32 Å². The molecule has 0 spiro atoms. The van der Waals surface area contributed by atoms with Gasteiger partial charge in [0.1, 0.15) is 5.82 Å². The van der Waals surface area contributed by atoms with Crippen LogP contribution >= 0.6 is 11.6 Å². The molecule has 1 aromatic rings. The minimum Gasteiger partial charge on any atom is -0.349 e. The molecule has 1 amide bonds. The van der Waals surface area contributed by atoms with Gasteiger partial charge in [0, 0.05) is 22.5 Å². The Morgan fingerprint density at radius 3 is 2.90 bits per heavy atom. The number of hydrogen-bond acceptors (Lipinski definition) is 2. The first-order chi connectivity index (χ1) is 9.49. The second-order valence-corrected chi connectivity index (χ2v) is 5.90. The third-order valence-corrected chi connectivity index (χ3v) is 4.21. The number of benzene rings is 1. The van der Waals surface area contributed by atoms with E-state index in [1.54, 1.807) is 19.1 Å². The van der Waals surface area contributed by atoms with Crippen molar-refractivity contribution in [1.29, 1.82) is 0 Å². The third-order valence-electron chi connectivity index (χ3n) is 3.88. The van der Waals surface area contributed by atoms with Gasteiger partial charge >= 0.3 is 0 Å². The molecule has 0 radical (unpaired) electrons. The van der Waals surface area contributed by atoms with Crippen LogP contribution in [0, 0.1) is 11.7 Å². The summed E-state index contributed by atoms with van der Waals surface area (Å²) < 4.78 is 13.8. The molecule has 3 N–H and O–H groups in total. The van der Waals surface area contributed by atoms with Gasteiger partial charge in [-0.05, 0) is 38.3 Å². The molecule has 0 aliphatic heterocycles. The van der Waals surface area contributed by atoms with Crippen molar-refractivity contribution >= 4 is 17.5 Å². The minimum atomic E-state index is -0.450. The van der Waals surface area contributed by atoms with E-state index in [1.165, 1.54) is 6.07 Å². The third kappa shape index (κ3) is 3.49. The SMILES string of the molecule is CC(NC(=O)C1CCCC(N)C1)c1c(F)cccc1Cl. The predicted octanol–water partition coefficient (Wildman–Crippen LogP) is 3.17. The van der Waals surface area contributed by atoms with Crippen molar-refractivity contribution in [3.63, 3.8) is 0 Å². The largest absolute Gasteiger partial charge is 0.349 e. The summed E-state index contributed by atoms with van der Waals surface area (Å²) in [6, 6.07) is 4.16. The van der Waals surface area contributed by atoms with E-state index in [2.05, 4.69) is 5.32 Å². The molecule has 0 saturated heterocycles. The molecule has 1 saturated carbocycles. The Morgan fingerprint density at radius 2 is 2.25 bits per heavy atom. The average molecular weight is 299 g/mol. The maximum absolute atomic E-state index is 13.8. The van der Waals surface area contributed by atoms with Crippen LogP contribution in [-0.2, 0) is 4.79 Å². The minimum absolute atomic E-state index is 0.0630. The van der Waals surface area contributed by atoms with Crippen molar-refractivity contribution in [2.24, 2.45) is 11.7 Å². The second kappa shape index (κ2) is 6.55. The zero-order valence-corrected chi connectivity index (χ0v) is 12.3. The van der Waals surface area contributed by atoms with Gasteiger partial charge in [-0.1, -0.05) is 24.1 Å². The van der Waals surface area contributed by atoms with Gasteiger partial charge in [-0.2, -0.15) is 0 Å². The Hall–Kier alpha value is -1.13. The first kappa shape index (κ1) is 15.3. The summed E-state index contributed by atoms with van der Waals surface area (Å²) in [4.78, 5) is 12.2. The fourth-order valence-corrected chi connectivity index (χ4v) is 3.12. The van der Waals surface area contributed by atoms with Crippen molar-refractivity contribution in [3.05, 3.63) is 34.6 Å². The smallest absolute Gasteiger partial charge is 0.223 e. The maximum atomic E-state index is 13.8. The summed E-state index contributed by atoms with van der Waals surface area (Å²) in [6.07, 6.45) is 3.48. The van der Waals surface area contributed by atoms with Gasteiger partial charge in [-0.15, -0.1) is 0 Å². The lowest BCUT2D eigenvalue weighted by atomic mass is 9.85. The van der Waals surface area contributed by atoms with Gasteiger partial charge < -0.3 is 11.1 Å². The molecule has 0 aromatic heterocycles. The van der Waals surface area contributed by atoms with E-state index in [9.17, 15) is 9.18 Å². The van der Waals surface area contributed by atoms with Gasteiger partial charge in [0.25, 0.3) is 0 Å². The van der Waals surface area contributed by atoms with E-state index in [0.717, 1.165) is 19.3 Å². The molecule has 0 heterocycles. The maximum Gasteiger partial charge on any atom is 0.223 e. The molecule has 3 atom stereocenters. The molecule has 3 unspecified atom stereocenters. The number of nitrogens with two attached hydrogens (primary N) is 1. The molecule has 2 rings (SSSR count). The number of halogens is 2. The molecule has 3 nitrogen and oxygen atoms in total. The van der Waals surface area contributed by atoms with E-state index in [4.69, 9.17) is 17.3 Å². The van der Waals surface area contributed by atoms with E-state index in [1.807, 2.05) is 0 Å². The Bertz CT molecular complexity index is 475. The predicted molar refractivity (Wildman–Crippen MR) is 77.9 cm³/mol. The van der Waals surface area contributed by atoms with Crippen molar-refractivity contribution in [3.8, 4) is 0 Å². The van der Waals surface area contributed by atoms with Crippen LogP contribution in [0.1, 0.15) is 44.2 Å². The molecule has 1 aromatic carbocycles. The van der Waals surface area contributed by atoms with Crippen molar-refractivity contribution in [2.75, 3.05) is 0 Å². The van der Waals surface area contributed by atoms with Crippen molar-refractivity contribution in [2.45, 2.75) is 44.7 Å². The molecule has 110 valence electrons. The first-order valence-corrected chi connectivity index (χ1v) is 7.36. The standard InChI is InChI=1S/C15H20ClFN2O/c1-9(14-12(16)6-3-7-13(14)17)19-15(20)10-4-2-5-11(18)8-10/h3,6-7,9-11H,2,4-5,8,18H2,1H3,(H,19,20). The number of carbonyl (C=O) groups excluding carboxylic acids is 1. The summed E-state index contributed by atoms with van der Waals surface area (Å²) >= 11 is 6.01. The van der Waals surface area contributed by atoms with Crippen LogP contribution in [0.5, 0.6) is 0 Å². The highest BCUT2D eigenvalue weighted by Crippen LogP contribution is 2.28. The Kier molecular flexibility index (Phi) is 5.00. The van der Waals surface area contributed by atoms with E-state index >= 15 is 0 Å². The highest BCUT2D eigenvalue weighted by molar-refractivity contribution is 6.31. The monoisotopic (exact) mass is 298 g/mol. The second-order valence-electron chi connectivity index (χ2n) is 5.49. The fourth-order valence-electron chi connectivity index (χ4n) is 2.79. The number of nitrogens with one attached hydrogen (secondary N) is 1. The molecule has 5 heteroatoms. The highest BCUT2D eigenvalue weighted by Gasteiger charge is 2.27. The van der Waals surface area contributed by atoms with Crippen LogP contribution < -0.4 is 11.1 Å². The molecular weight excluding hydrogens is 279 g/mol. The molecule has 0 bridgehead atoms. The Labute approximate surface area is 123 Å². The summed E-state index contributed by atoms with van der Waals surface area (Å²) in [7, 11) is 0. The summed E-state index contributed by atoms with van der Waals surface area (Å²) in [6.45, 7) is 1.74. The number of hydrogen-bond donors (Lipinski definition) is 2. The van der Waals surface area contributed by atoms with Crippen molar-refractivity contribution < 1.29 is 9.18 Å². The van der Waals surface area contributed by atoms with Gasteiger partial charge in [0.05, 0.1) is 6.04 Å². The quantitative estimate of drug-likeness (QED) is 0.900. The van der Waals surface area contributed by atoms with Crippen LogP contribution in [0.15, 0.2) is 18.2 Å². The molecule has 1 fully saturated rings. The Morgan fingerprint density at radius 1 is 1.50 bits per heavy atom. The lowest BCUT2D eigenvalue weighted by Gasteiger charge is -2.27. The van der Waals surface area contributed by atoms with Crippen LogP contribution in [0.2, 0.25) is 5.02 Å². The fraction of sp³-hybridized carbons (Fsp3) is 0.533. The Balaban J connectivity index is 2.04. The van der Waals surface area contributed by atoms with E-state index in [0.29, 0.717) is 17.0 Å². The highest BCUT2D eigenvalue weighted by atomic mass is 35.5. The van der Waals surface area contributed by atoms with Gasteiger partial charge in [-0.3, -0.25) is 4.79 Å². The lowest BCUT2D eigenvalue weighted by Crippen LogP contribution is -2.38. The molecule has 20 heavy (non-hydrogen) atoms. The zero-order valence-electron chi connectivity index (χ0n) is 11.5. The first-order valence-electron chi connectivity index (χ1n) is 6.99. The summed E-state index contributed by atoms with van der Waals surface area (Å²) in [5, 5.41) is 3.18. The van der Waals surface area contributed by atoms with Gasteiger partial charge in [0.15, 0.2) is 0 Å². The number of carbonyl (C=O) groups is 1. The normalized spacial score (nSPS) is 24.2. The zero-order chi connectivity index (χ0) is 14.7. The molecule has 1 aliphatic rings. The lowest BCUT2D eigenvalue weighted by molar-refractivity contribution is -0.126. The topological polar surface area (TPSA) is 55.1 Å². The van der Waals surface area contributed by atoms with E-state index < -0.39 is 11.9 Å². The van der Waals surface area contributed by atoms with Gasteiger partial charge in [-0.25, -0.2) is 4.39 Å². The number of amides is 1. The molecule has 1 aliphatic carbocycles. The number of rotatable bonds is 3. The average Bonchev–Trinajstić information content (AvgIpc) is 2.38. The summed E-state index contributed by atoms with van der Waals surface area (Å²) in [5.41, 5.74) is 6.23. The van der Waals surface area contributed by atoms with Crippen LogP contribution in [0.3, 0.4) is 0 Å². The van der Waals surface area contributed by atoms with E-state index in [-0.39, 0.29) is 17.9 Å². The van der Waals surface area contributed by atoms with Gasteiger partial charge in [0.2, 0.25) is 5.91 Å².